The van der Waals surface area contributed by atoms with Gasteiger partial charge in [0, 0.05) is 31.5 Å². The normalized spacial score (nSPS) is 24.0. The Morgan fingerprint density at radius 3 is 2.88 bits per heavy atom. The molecule has 2 N–H and O–H groups in total. The maximum atomic E-state index is 5.77. The molecule has 1 saturated heterocycles. The van der Waals surface area contributed by atoms with Gasteiger partial charge in [-0.25, -0.2) is 4.98 Å². The smallest absolute Gasteiger partial charge is 0.133 e. The van der Waals surface area contributed by atoms with Crippen molar-refractivity contribution < 1.29 is 4.74 Å². The second kappa shape index (κ2) is 5.02. The molecule has 1 aliphatic heterocycles. The van der Waals surface area contributed by atoms with Gasteiger partial charge in [-0.2, -0.15) is 0 Å². The first-order chi connectivity index (χ1) is 8.13. The van der Waals surface area contributed by atoms with E-state index in [1.54, 1.807) is 0 Å². The van der Waals surface area contributed by atoms with E-state index in [-0.39, 0.29) is 6.10 Å². The number of aryl methyl sites for hydroxylation is 1. The van der Waals surface area contributed by atoms with E-state index in [0.29, 0.717) is 12.6 Å². The number of anilines is 1. The van der Waals surface area contributed by atoms with Gasteiger partial charge >= 0.3 is 0 Å². The molecule has 17 heavy (non-hydrogen) atoms. The average Bonchev–Trinajstić information content (AvgIpc) is 2.74. The summed E-state index contributed by atoms with van der Waals surface area (Å²) in [6.07, 6.45) is 1.31. The quantitative estimate of drug-likeness (QED) is 0.862. The molecule has 1 aromatic rings. The summed E-state index contributed by atoms with van der Waals surface area (Å²) in [4.78, 5) is 6.83. The number of aromatic nitrogens is 1. The lowest BCUT2D eigenvalue weighted by molar-refractivity contribution is 0.118. The van der Waals surface area contributed by atoms with Crippen molar-refractivity contribution in [1.82, 2.24) is 4.98 Å². The van der Waals surface area contributed by atoms with E-state index in [1.165, 1.54) is 0 Å². The molecule has 0 aliphatic carbocycles. The summed E-state index contributed by atoms with van der Waals surface area (Å²) < 4.78 is 5.61. The Bertz CT molecular complexity index is 394. The minimum atomic E-state index is 0.257. The van der Waals surface area contributed by atoms with E-state index in [9.17, 15) is 0 Å². The largest absolute Gasteiger partial charge is 0.376 e. The van der Waals surface area contributed by atoms with E-state index < -0.39 is 0 Å². The number of hydrogen-bond donors (Lipinski definition) is 1. The molecular weight excluding hydrogens is 214 g/mol. The molecule has 0 aromatic carbocycles. The summed E-state index contributed by atoms with van der Waals surface area (Å²) in [5, 5.41) is 0. The van der Waals surface area contributed by atoms with Crippen LogP contribution in [-0.4, -0.2) is 30.8 Å². The monoisotopic (exact) mass is 235 g/mol. The number of ether oxygens (including phenoxy) is 1. The summed E-state index contributed by atoms with van der Waals surface area (Å²) in [7, 11) is 2.08. The van der Waals surface area contributed by atoms with Crippen LogP contribution in [0, 0.1) is 6.92 Å². The van der Waals surface area contributed by atoms with E-state index in [4.69, 9.17) is 10.5 Å². The zero-order valence-corrected chi connectivity index (χ0v) is 10.8. The topological polar surface area (TPSA) is 51.4 Å². The van der Waals surface area contributed by atoms with Crippen molar-refractivity contribution in [3.63, 3.8) is 0 Å². The predicted octanol–water partition coefficient (Wildman–Crippen LogP) is 1.46. The fourth-order valence-electron chi connectivity index (χ4n) is 2.42. The minimum absolute atomic E-state index is 0.257. The van der Waals surface area contributed by atoms with Gasteiger partial charge in [-0.3, -0.25) is 0 Å². The molecule has 2 heterocycles. The highest BCUT2D eigenvalue weighted by atomic mass is 16.5. The first-order valence-corrected chi connectivity index (χ1v) is 6.14. The van der Waals surface area contributed by atoms with Crippen LogP contribution in [0.2, 0.25) is 0 Å². The molecule has 4 nitrogen and oxygen atoms in total. The van der Waals surface area contributed by atoms with Crippen molar-refractivity contribution in [3.8, 4) is 0 Å². The summed E-state index contributed by atoms with van der Waals surface area (Å²) >= 11 is 0. The molecule has 2 rings (SSSR count). The first kappa shape index (κ1) is 12.3. The number of likely N-dealkylation sites (N-methyl/N-ethyl adjacent to an activating group) is 1. The minimum Gasteiger partial charge on any atom is -0.376 e. The Labute approximate surface area is 103 Å². The highest BCUT2D eigenvalue weighted by Crippen LogP contribution is 2.25. The Hall–Kier alpha value is -1.13. The van der Waals surface area contributed by atoms with Crippen molar-refractivity contribution in [2.75, 3.05) is 18.6 Å². The van der Waals surface area contributed by atoms with Crippen LogP contribution >= 0.6 is 0 Å². The Balaban J connectivity index is 2.28. The Morgan fingerprint density at radius 1 is 1.53 bits per heavy atom. The van der Waals surface area contributed by atoms with Gasteiger partial charge < -0.3 is 15.4 Å². The first-order valence-electron chi connectivity index (χ1n) is 6.14. The summed E-state index contributed by atoms with van der Waals surface area (Å²) in [5.74, 6) is 0.995. The zero-order valence-electron chi connectivity index (χ0n) is 10.8. The Morgan fingerprint density at radius 2 is 2.29 bits per heavy atom. The van der Waals surface area contributed by atoms with E-state index >= 15 is 0 Å². The van der Waals surface area contributed by atoms with Gasteiger partial charge in [0.05, 0.1) is 12.1 Å². The van der Waals surface area contributed by atoms with Crippen molar-refractivity contribution in [3.05, 3.63) is 23.4 Å². The maximum absolute atomic E-state index is 5.77. The third-order valence-corrected chi connectivity index (χ3v) is 3.48. The predicted molar refractivity (Wildman–Crippen MR) is 69.1 cm³/mol. The lowest BCUT2D eigenvalue weighted by Crippen LogP contribution is -2.38. The lowest BCUT2D eigenvalue weighted by Gasteiger charge is -2.29. The number of nitrogens with zero attached hydrogens (tertiary/aromatic N) is 2. The highest BCUT2D eigenvalue weighted by Gasteiger charge is 2.29. The van der Waals surface area contributed by atoms with Gasteiger partial charge in [0.25, 0.3) is 0 Å². The molecule has 1 aromatic heterocycles. The van der Waals surface area contributed by atoms with E-state index in [2.05, 4.69) is 29.9 Å². The van der Waals surface area contributed by atoms with Gasteiger partial charge in [0.15, 0.2) is 0 Å². The lowest BCUT2D eigenvalue weighted by atomic mass is 10.1. The molecule has 2 atom stereocenters. The molecule has 0 bridgehead atoms. The zero-order chi connectivity index (χ0) is 12.4. The van der Waals surface area contributed by atoms with Crippen LogP contribution in [0.5, 0.6) is 0 Å². The van der Waals surface area contributed by atoms with Gasteiger partial charge in [-0.05, 0) is 26.3 Å². The molecule has 0 saturated carbocycles. The second-order valence-electron chi connectivity index (χ2n) is 4.68. The molecule has 1 aliphatic rings. The Kier molecular flexibility index (Phi) is 3.64. The van der Waals surface area contributed by atoms with Crippen LogP contribution in [0.4, 0.5) is 5.82 Å². The van der Waals surface area contributed by atoms with Gasteiger partial charge in [0.2, 0.25) is 0 Å². The third kappa shape index (κ3) is 2.42. The average molecular weight is 235 g/mol. The second-order valence-corrected chi connectivity index (χ2v) is 4.68. The van der Waals surface area contributed by atoms with Crippen LogP contribution in [0.15, 0.2) is 12.1 Å². The van der Waals surface area contributed by atoms with Gasteiger partial charge in [0.1, 0.15) is 5.82 Å². The fourth-order valence-corrected chi connectivity index (χ4v) is 2.42. The number of rotatable bonds is 3. The van der Waals surface area contributed by atoms with Gasteiger partial charge in [-0.1, -0.05) is 6.07 Å². The molecule has 0 spiro atoms. The third-order valence-electron chi connectivity index (χ3n) is 3.48. The van der Waals surface area contributed by atoms with Gasteiger partial charge in [-0.15, -0.1) is 0 Å². The summed E-state index contributed by atoms with van der Waals surface area (Å²) in [5.41, 5.74) is 7.89. The van der Waals surface area contributed by atoms with Crippen LogP contribution in [-0.2, 0) is 11.3 Å². The number of hydrogen-bond acceptors (Lipinski definition) is 4. The summed E-state index contributed by atoms with van der Waals surface area (Å²) in [6.45, 7) is 5.48. The maximum Gasteiger partial charge on any atom is 0.133 e. The van der Waals surface area contributed by atoms with Crippen molar-refractivity contribution >= 4 is 5.82 Å². The molecule has 0 amide bonds. The molecule has 94 valence electrons. The van der Waals surface area contributed by atoms with Crippen LogP contribution in [0.1, 0.15) is 24.6 Å². The van der Waals surface area contributed by atoms with Crippen LogP contribution in [0.25, 0.3) is 0 Å². The molecule has 4 heteroatoms. The molecular formula is C13H21N3O. The van der Waals surface area contributed by atoms with Crippen molar-refractivity contribution in [1.29, 1.82) is 0 Å². The van der Waals surface area contributed by atoms with Crippen molar-refractivity contribution in [2.24, 2.45) is 5.73 Å². The molecule has 1 fully saturated rings. The van der Waals surface area contributed by atoms with E-state index in [0.717, 1.165) is 30.1 Å². The fraction of sp³-hybridized carbons (Fsp3) is 0.615. The molecule has 0 radical (unpaired) electrons. The number of nitrogens with two attached hydrogens (primary N) is 1. The standard InChI is InChI=1S/C13H21N3O/c1-9-4-5-11(8-14)13(15-9)16(3)12-6-7-17-10(12)2/h4-5,10,12H,6-8,14H2,1-3H3. The number of pyridine rings is 1. The van der Waals surface area contributed by atoms with Crippen molar-refractivity contribution in [2.45, 2.75) is 39.0 Å². The van der Waals surface area contributed by atoms with Crippen LogP contribution in [0.3, 0.4) is 0 Å². The SMILES string of the molecule is Cc1ccc(CN)c(N(C)C2CCOC2C)n1. The highest BCUT2D eigenvalue weighted by molar-refractivity contribution is 5.48. The van der Waals surface area contributed by atoms with Crippen LogP contribution < -0.4 is 10.6 Å². The molecule has 2 unspecified atom stereocenters. The van der Waals surface area contributed by atoms with E-state index in [1.807, 2.05) is 13.0 Å². The summed E-state index contributed by atoms with van der Waals surface area (Å²) in [6, 6.07) is 4.47.